The molecule has 3 N–H and O–H groups in total. The van der Waals surface area contributed by atoms with Crippen LogP contribution in [-0.4, -0.2) is 30.0 Å². The maximum absolute atomic E-state index is 12.4. The van der Waals surface area contributed by atoms with Gasteiger partial charge in [-0.2, -0.15) is 0 Å². The number of aryl methyl sites for hydroxylation is 2. The number of hydrogen-bond acceptors (Lipinski definition) is 5. The van der Waals surface area contributed by atoms with Crippen molar-refractivity contribution in [3.05, 3.63) is 86.3 Å². The Hall–Kier alpha value is -4.27. The smallest absolute Gasteiger partial charge is 0.332 e. The van der Waals surface area contributed by atoms with Gasteiger partial charge in [-0.3, -0.25) is 23.7 Å². The van der Waals surface area contributed by atoms with Crippen LogP contribution in [0.1, 0.15) is 17.5 Å². The zero-order valence-electron chi connectivity index (χ0n) is 17.7. The number of carbonyl (C=O) groups is 1. The van der Waals surface area contributed by atoms with E-state index in [0.29, 0.717) is 29.9 Å². The average Bonchev–Trinajstić information content (AvgIpc) is 3.25. The third-order valence-corrected chi connectivity index (χ3v) is 5.34. The van der Waals surface area contributed by atoms with Crippen LogP contribution in [0.3, 0.4) is 0 Å². The zero-order chi connectivity index (χ0) is 22.8. The van der Waals surface area contributed by atoms with Crippen LogP contribution in [-0.2, 0) is 25.3 Å². The number of imidazole rings is 1. The highest BCUT2D eigenvalue weighted by Gasteiger charge is 2.14. The first kappa shape index (κ1) is 21.0. The van der Waals surface area contributed by atoms with Crippen LogP contribution in [0.25, 0.3) is 28.6 Å². The van der Waals surface area contributed by atoms with Crippen molar-refractivity contribution in [1.29, 1.82) is 0 Å². The fourth-order valence-electron chi connectivity index (χ4n) is 3.49. The summed E-state index contributed by atoms with van der Waals surface area (Å²) in [6, 6.07) is 11.1. The van der Waals surface area contributed by atoms with Crippen molar-refractivity contribution >= 4 is 23.1 Å². The number of H-pyrrole nitrogens is 1. The predicted octanol–water partition coefficient (Wildman–Crippen LogP) is 1.52. The first-order valence-corrected chi connectivity index (χ1v) is 10.0. The number of hydrogen-bond donors (Lipinski definition) is 2. The number of pyridine rings is 1. The molecule has 0 bridgehead atoms. The van der Waals surface area contributed by atoms with Crippen LogP contribution in [0.4, 0.5) is 0 Å². The summed E-state index contributed by atoms with van der Waals surface area (Å²) in [5.74, 6) is 0.00699. The molecule has 162 valence electrons. The van der Waals surface area contributed by atoms with E-state index in [1.807, 2.05) is 36.4 Å². The minimum atomic E-state index is -0.466. The third kappa shape index (κ3) is 4.00. The van der Waals surface area contributed by atoms with Gasteiger partial charge in [0.2, 0.25) is 5.91 Å². The maximum atomic E-state index is 12.4. The van der Waals surface area contributed by atoms with E-state index in [2.05, 4.69) is 15.0 Å². The van der Waals surface area contributed by atoms with Crippen molar-refractivity contribution in [3.8, 4) is 11.4 Å². The van der Waals surface area contributed by atoms with E-state index >= 15 is 0 Å². The molecule has 3 heterocycles. The second-order valence-electron chi connectivity index (χ2n) is 7.51. The van der Waals surface area contributed by atoms with Gasteiger partial charge in [0.05, 0.1) is 0 Å². The van der Waals surface area contributed by atoms with Gasteiger partial charge in [0.25, 0.3) is 5.56 Å². The molecule has 0 saturated heterocycles. The summed E-state index contributed by atoms with van der Waals surface area (Å²) in [6.45, 7) is 0. The van der Waals surface area contributed by atoms with E-state index in [9.17, 15) is 14.4 Å². The van der Waals surface area contributed by atoms with Crippen LogP contribution < -0.4 is 17.0 Å². The Balaban J connectivity index is 1.61. The molecule has 1 amide bonds. The Kier molecular flexibility index (Phi) is 5.55. The number of nitrogens with zero attached hydrogens (tertiary/aromatic N) is 4. The lowest BCUT2D eigenvalue weighted by Gasteiger charge is -2.05. The number of aromatic amines is 1. The van der Waals surface area contributed by atoms with Crippen molar-refractivity contribution in [1.82, 2.24) is 24.1 Å². The monoisotopic (exact) mass is 430 g/mol. The Morgan fingerprint density at radius 3 is 2.53 bits per heavy atom. The van der Waals surface area contributed by atoms with Gasteiger partial charge in [-0.1, -0.05) is 30.3 Å². The van der Waals surface area contributed by atoms with Crippen LogP contribution in [0, 0.1) is 0 Å². The van der Waals surface area contributed by atoms with E-state index < -0.39 is 17.2 Å². The fraction of sp³-hybridized carbons (Fsp3) is 0.174. The van der Waals surface area contributed by atoms with Gasteiger partial charge in [-0.15, -0.1) is 0 Å². The van der Waals surface area contributed by atoms with Crippen molar-refractivity contribution in [2.24, 2.45) is 19.8 Å². The van der Waals surface area contributed by atoms with Crippen LogP contribution in [0.2, 0.25) is 0 Å². The number of nitrogens with one attached hydrogen (secondary N) is 1. The van der Waals surface area contributed by atoms with Crippen LogP contribution in [0.5, 0.6) is 0 Å². The van der Waals surface area contributed by atoms with Gasteiger partial charge in [-0.05, 0) is 36.1 Å². The van der Waals surface area contributed by atoms with Gasteiger partial charge in [0.15, 0.2) is 5.65 Å². The molecule has 0 radical (unpaired) electrons. The summed E-state index contributed by atoms with van der Waals surface area (Å²) in [6.07, 6.45) is 6.40. The number of rotatable bonds is 6. The number of aromatic nitrogens is 5. The number of amides is 1. The maximum Gasteiger partial charge on any atom is 0.332 e. The summed E-state index contributed by atoms with van der Waals surface area (Å²) in [4.78, 5) is 47.9. The van der Waals surface area contributed by atoms with Gasteiger partial charge >= 0.3 is 5.69 Å². The topological polar surface area (TPSA) is 129 Å². The van der Waals surface area contributed by atoms with Gasteiger partial charge < -0.3 is 10.7 Å². The summed E-state index contributed by atoms with van der Waals surface area (Å²) in [5.41, 5.74) is 8.36. The summed E-state index contributed by atoms with van der Waals surface area (Å²) in [5, 5.41) is 0. The zero-order valence-corrected chi connectivity index (χ0v) is 17.7. The molecule has 0 aliphatic rings. The van der Waals surface area contributed by atoms with E-state index in [0.717, 1.165) is 21.3 Å². The van der Waals surface area contributed by atoms with Crippen molar-refractivity contribution in [2.45, 2.75) is 12.8 Å². The molecule has 0 aliphatic heterocycles. The molecular formula is C23H22N6O3. The Bertz CT molecular complexity index is 1440. The average molecular weight is 430 g/mol. The molecule has 4 aromatic rings. The Morgan fingerprint density at radius 1 is 1.12 bits per heavy atom. The summed E-state index contributed by atoms with van der Waals surface area (Å²) < 4.78 is 2.37. The molecule has 4 rings (SSSR count). The molecule has 0 aliphatic carbocycles. The Labute approximate surface area is 182 Å². The standard InChI is InChI=1S/C23H22N6O3/c1-28-21-18(22(31)29(2)23(28)32)26-20(27-21)16-8-5-14(6-9-16)12-17(19(24)30)10-7-15-4-3-11-25-13-15/h3-6,8-9,11-13H,7,10H2,1-2H3,(H2,24,30)(H,26,27)/b17-12+. The molecule has 0 spiro atoms. The molecule has 0 atom stereocenters. The van der Waals surface area contributed by atoms with Gasteiger partial charge in [-0.25, -0.2) is 9.78 Å². The largest absolute Gasteiger partial charge is 0.366 e. The summed E-state index contributed by atoms with van der Waals surface area (Å²) >= 11 is 0. The molecule has 9 nitrogen and oxygen atoms in total. The molecule has 1 aromatic carbocycles. The lowest BCUT2D eigenvalue weighted by Crippen LogP contribution is -2.36. The normalized spacial score (nSPS) is 11.8. The predicted molar refractivity (Wildman–Crippen MR) is 122 cm³/mol. The highest BCUT2D eigenvalue weighted by molar-refractivity contribution is 5.96. The van der Waals surface area contributed by atoms with Crippen molar-refractivity contribution < 1.29 is 4.79 Å². The number of nitrogens with two attached hydrogens (primary N) is 1. The molecule has 3 aromatic heterocycles. The van der Waals surface area contributed by atoms with Crippen molar-refractivity contribution in [2.75, 3.05) is 0 Å². The highest BCUT2D eigenvalue weighted by Crippen LogP contribution is 2.20. The lowest BCUT2D eigenvalue weighted by molar-refractivity contribution is -0.114. The molecule has 9 heteroatoms. The molecule has 0 unspecified atom stereocenters. The quantitative estimate of drug-likeness (QED) is 0.448. The summed E-state index contributed by atoms with van der Waals surface area (Å²) in [7, 11) is 3.00. The SMILES string of the molecule is Cn1c(=O)c2[nH]c(-c3ccc(/C=C(\CCc4cccnc4)C(N)=O)cc3)nc2n(C)c1=O. The molecule has 0 saturated carbocycles. The lowest BCUT2D eigenvalue weighted by atomic mass is 10.0. The minimum absolute atomic E-state index is 0.264. The number of primary amides is 1. The van der Waals surface area contributed by atoms with E-state index in [-0.39, 0.29) is 5.52 Å². The van der Waals surface area contributed by atoms with Crippen molar-refractivity contribution in [3.63, 3.8) is 0 Å². The van der Waals surface area contributed by atoms with Gasteiger partial charge in [0.1, 0.15) is 11.3 Å². The third-order valence-electron chi connectivity index (χ3n) is 5.34. The second kappa shape index (κ2) is 8.46. The van der Waals surface area contributed by atoms with Crippen LogP contribution >= 0.6 is 0 Å². The van der Waals surface area contributed by atoms with E-state index in [1.165, 1.54) is 11.6 Å². The fourth-order valence-corrected chi connectivity index (χ4v) is 3.49. The van der Waals surface area contributed by atoms with Crippen LogP contribution in [0.15, 0.2) is 64.0 Å². The minimum Gasteiger partial charge on any atom is -0.366 e. The second-order valence-corrected chi connectivity index (χ2v) is 7.51. The molecule has 32 heavy (non-hydrogen) atoms. The van der Waals surface area contributed by atoms with E-state index in [4.69, 9.17) is 5.73 Å². The Morgan fingerprint density at radius 2 is 1.88 bits per heavy atom. The van der Waals surface area contributed by atoms with Gasteiger partial charge in [0, 0.05) is 37.6 Å². The highest BCUT2D eigenvalue weighted by atomic mass is 16.2. The number of fused-ring (bicyclic) bond motifs is 1. The first-order chi connectivity index (χ1) is 15.3. The molecular weight excluding hydrogens is 408 g/mol. The number of carbonyl (C=O) groups excluding carboxylic acids is 1. The first-order valence-electron chi connectivity index (χ1n) is 10.0. The number of benzene rings is 1. The van der Waals surface area contributed by atoms with E-state index in [1.54, 1.807) is 25.5 Å². The molecule has 0 fully saturated rings.